The molecule has 0 saturated carbocycles. The molecule has 0 radical (unpaired) electrons. The number of aryl methyl sites for hydroxylation is 1. The monoisotopic (exact) mass is 327 g/mol. The molecule has 1 amide bonds. The normalized spacial score (nSPS) is 12.3. The Bertz CT molecular complexity index is 716. The first-order valence-electron chi connectivity index (χ1n) is 6.76. The van der Waals surface area contributed by atoms with Crippen molar-refractivity contribution in [3.63, 3.8) is 0 Å². The Morgan fingerprint density at radius 2 is 2.09 bits per heavy atom. The van der Waals surface area contributed by atoms with E-state index < -0.39 is 24.2 Å². The van der Waals surface area contributed by atoms with Gasteiger partial charge < -0.3 is 10.1 Å². The molecule has 1 heterocycles. The highest BCUT2D eigenvalue weighted by Gasteiger charge is 2.27. The van der Waals surface area contributed by atoms with Crippen molar-refractivity contribution in [3.8, 4) is 5.75 Å². The second-order valence-electron chi connectivity index (χ2n) is 4.95. The molecular weight excluding hydrogens is 311 g/mol. The first kappa shape index (κ1) is 16.9. The fraction of sp³-hybridized carbons (Fsp3) is 0.333. The maximum atomic E-state index is 13.7. The number of hydrogen-bond donors (Lipinski definition) is 1. The number of carbonyl (C=O) groups is 1. The smallest absolute Gasteiger partial charge is 0.262 e. The van der Waals surface area contributed by atoms with Gasteiger partial charge in [0.05, 0.1) is 18.9 Å². The van der Waals surface area contributed by atoms with Gasteiger partial charge in [0.2, 0.25) is 0 Å². The van der Waals surface area contributed by atoms with Crippen LogP contribution in [0.15, 0.2) is 24.4 Å². The first-order valence-corrected chi connectivity index (χ1v) is 6.76. The van der Waals surface area contributed by atoms with E-state index >= 15 is 0 Å². The van der Waals surface area contributed by atoms with Crippen LogP contribution in [-0.2, 0) is 7.05 Å². The van der Waals surface area contributed by atoms with Crippen LogP contribution in [0.3, 0.4) is 0 Å². The molecule has 124 valence electrons. The molecule has 0 aliphatic heterocycles. The van der Waals surface area contributed by atoms with E-state index in [1.54, 1.807) is 14.0 Å². The Morgan fingerprint density at radius 3 is 2.57 bits per heavy atom. The first-order chi connectivity index (χ1) is 10.8. The average Bonchev–Trinajstić information content (AvgIpc) is 2.84. The zero-order chi connectivity index (χ0) is 17.1. The van der Waals surface area contributed by atoms with Gasteiger partial charge in [-0.05, 0) is 24.6 Å². The molecule has 0 bridgehead atoms. The Labute approximate surface area is 131 Å². The summed E-state index contributed by atoms with van der Waals surface area (Å²) in [5.41, 5.74) is 0.678. The number of carbonyl (C=O) groups excluding carboxylic acids is 1. The Morgan fingerprint density at radius 1 is 1.39 bits per heavy atom. The number of benzene rings is 1. The maximum absolute atomic E-state index is 13.7. The van der Waals surface area contributed by atoms with E-state index in [1.165, 1.54) is 30.1 Å². The largest absolute Gasteiger partial charge is 0.494 e. The van der Waals surface area contributed by atoms with Gasteiger partial charge in [0.15, 0.2) is 11.6 Å². The summed E-state index contributed by atoms with van der Waals surface area (Å²) in [6, 6.07) is 1.81. The molecule has 0 fully saturated rings. The average molecular weight is 327 g/mol. The highest BCUT2D eigenvalue weighted by atomic mass is 19.3. The molecule has 1 atom stereocenters. The van der Waals surface area contributed by atoms with Gasteiger partial charge >= 0.3 is 0 Å². The third kappa shape index (κ3) is 3.46. The van der Waals surface area contributed by atoms with Crippen LogP contribution in [0.4, 0.5) is 13.2 Å². The van der Waals surface area contributed by atoms with E-state index in [-0.39, 0.29) is 16.9 Å². The number of methoxy groups -OCH3 is 1. The molecule has 0 spiro atoms. The molecule has 0 unspecified atom stereocenters. The third-order valence-electron chi connectivity index (χ3n) is 3.55. The number of alkyl halides is 2. The zero-order valence-corrected chi connectivity index (χ0v) is 12.8. The van der Waals surface area contributed by atoms with Crippen LogP contribution in [0.5, 0.6) is 5.75 Å². The summed E-state index contributed by atoms with van der Waals surface area (Å²) in [4.78, 5) is 12.2. The summed E-state index contributed by atoms with van der Waals surface area (Å²) >= 11 is 0. The number of hydrogen-bond acceptors (Lipinski definition) is 3. The van der Waals surface area contributed by atoms with Crippen molar-refractivity contribution < 1.29 is 22.7 Å². The molecule has 23 heavy (non-hydrogen) atoms. The van der Waals surface area contributed by atoms with Gasteiger partial charge in [-0.3, -0.25) is 9.48 Å². The Balaban J connectivity index is 2.27. The van der Waals surface area contributed by atoms with Crippen molar-refractivity contribution in [1.29, 1.82) is 0 Å². The predicted molar refractivity (Wildman–Crippen MR) is 77.1 cm³/mol. The van der Waals surface area contributed by atoms with Gasteiger partial charge in [-0.1, -0.05) is 6.07 Å². The van der Waals surface area contributed by atoms with Gasteiger partial charge in [0.25, 0.3) is 12.3 Å². The Kier molecular flexibility index (Phi) is 4.92. The van der Waals surface area contributed by atoms with Crippen molar-refractivity contribution in [2.24, 2.45) is 7.05 Å². The lowest BCUT2D eigenvalue weighted by Crippen LogP contribution is -2.33. The molecule has 1 aromatic carbocycles. The molecule has 2 aromatic rings. The van der Waals surface area contributed by atoms with Crippen LogP contribution in [0.2, 0.25) is 0 Å². The number of halogens is 3. The van der Waals surface area contributed by atoms with E-state index in [1.807, 2.05) is 0 Å². The highest BCUT2D eigenvalue weighted by Crippen LogP contribution is 2.26. The van der Waals surface area contributed by atoms with E-state index in [9.17, 15) is 18.0 Å². The van der Waals surface area contributed by atoms with Crippen LogP contribution in [0.1, 0.15) is 27.7 Å². The molecule has 1 aromatic heterocycles. The maximum Gasteiger partial charge on any atom is 0.262 e. The number of ether oxygens (including phenoxy) is 1. The molecular formula is C15H16F3N3O2. The molecule has 0 aliphatic carbocycles. The highest BCUT2D eigenvalue weighted by molar-refractivity contribution is 5.95. The van der Waals surface area contributed by atoms with Crippen LogP contribution in [0.25, 0.3) is 0 Å². The molecule has 5 nitrogen and oxygen atoms in total. The van der Waals surface area contributed by atoms with Gasteiger partial charge in [-0.2, -0.15) is 5.10 Å². The summed E-state index contributed by atoms with van der Waals surface area (Å²) in [6.07, 6.45) is -1.61. The van der Waals surface area contributed by atoms with E-state index in [0.717, 1.165) is 6.07 Å². The second kappa shape index (κ2) is 6.72. The summed E-state index contributed by atoms with van der Waals surface area (Å²) < 4.78 is 46.5. The molecule has 0 aliphatic rings. The van der Waals surface area contributed by atoms with Crippen LogP contribution in [0, 0.1) is 12.7 Å². The number of aromatic nitrogens is 2. The van der Waals surface area contributed by atoms with Crippen molar-refractivity contribution in [1.82, 2.24) is 15.1 Å². The van der Waals surface area contributed by atoms with Crippen molar-refractivity contribution in [2.45, 2.75) is 19.4 Å². The quantitative estimate of drug-likeness (QED) is 0.918. The van der Waals surface area contributed by atoms with E-state index in [2.05, 4.69) is 10.4 Å². The predicted octanol–water partition coefficient (Wildman–Crippen LogP) is 2.61. The van der Waals surface area contributed by atoms with Crippen LogP contribution >= 0.6 is 0 Å². The minimum atomic E-state index is -2.90. The minimum Gasteiger partial charge on any atom is -0.494 e. The van der Waals surface area contributed by atoms with E-state index in [0.29, 0.717) is 5.69 Å². The summed E-state index contributed by atoms with van der Waals surface area (Å²) in [5.74, 6) is -1.53. The molecule has 8 heteroatoms. The van der Waals surface area contributed by atoms with Gasteiger partial charge in [0, 0.05) is 12.7 Å². The number of nitrogens with zero attached hydrogens (tertiary/aromatic N) is 2. The SMILES string of the molecule is COc1ccc([C@H](NC(=O)c2cnn(C)c2C)C(F)F)cc1F. The van der Waals surface area contributed by atoms with Gasteiger partial charge in [-0.15, -0.1) is 0 Å². The van der Waals surface area contributed by atoms with Crippen molar-refractivity contribution in [2.75, 3.05) is 7.11 Å². The topological polar surface area (TPSA) is 56.1 Å². The second-order valence-corrected chi connectivity index (χ2v) is 4.95. The summed E-state index contributed by atoms with van der Waals surface area (Å²) in [7, 11) is 2.91. The molecule has 1 N–H and O–H groups in total. The number of rotatable bonds is 5. The Hall–Kier alpha value is -2.51. The van der Waals surface area contributed by atoms with Crippen LogP contribution < -0.4 is 10.1 Å². The minimum absolute atomic E-state index is 0.0480. The van der Waals surface area contributed by atoms with E-state index in [4.69, 9.17) is 4.74 Å². The summed E-state index contributed by atoms with van der Waals surface area (Å²) in [6.45, 7) is 1.65. The standard InChI is InChI=1S/C15H16F3N3O2/c1-8-10(7-19-21(8)2)15(22)20-13(14(17)18)9-4-5-12(23-3)11(16)6-9/h4-7,13-14H,1-3H3,(H,20,22)/t13-/m0/s1. The van der Waals surface area contributed by atoms with Gasteiger partial charge in [-0.25, -0.2) is 13.2 Å². The fourth-order valence-corrected chi connectivity index (χ4v) is 2.11. The lowest BCUT2D eigenvalue weighted by atomic mass is 10.1. The van der Waals surface area contributed by atoms with Crippen molar-refractivity contribution >= 4 is 5.91 Å². The lowest BCUT2D eigenvalue weighted by molar-refractivity contribution is 0.0742. The molecule has 0 saturated heterocycles. The molecule has 2 rings (SSSR count). The van der Waals surface area contributed by atoms with Crippen LogP contribution in [-0.4, -0.2) is 29.2 Å². The van der Waals surface area contributed by atoms with Crippen molar-refractivity contribution in [3.05, 3.63) is 47.0 Å². The fourth-order valence-electron chi connectivity index (χ4n) is 2.11. The third-order valence-corrected chi connectivity index (χ3v) is 3.55. The summed E-state index contributed by atoms with van der Waals surface area (Å²) in [5, 5.41) is 6.11. The number of amides is 1. The zero-order valence-electron chi connectivity index (χ0n) is 12.8. The number of nitrogens with one attached hydrogen (secondary N) is 1. The lowest BCUT2D eigenvalue weighted by Gasteiger charge is -2.19. The van der Waals surface area contributed by atoms with Gasteiger partial charge in [0.1, 0.15) is 6.04 Å².